The normalized spacial score (nSPS) is 13.6. The minimum absolute atomic E-state index is 0.354. The van der Waals surface area contributed by atoms with Gasteiger partial charge >= 0.3 is 257 Å². The van der Waals surface area contributed by atoms with Crippen LogP contribution in [0.5, 0.6) is 11.5 Å². The van der Waals surface area contributed by atoms with Crippen LogP contribution in [-0.2, 0) is 21.3 Å². The van der Waals surface area contributed by atoms with Crippen molar-refractivity contribution in [3.8, 4) is 22.6 Å². The van der Waals surface area contributed by atoms with Crippen LogP contribution in [0.3, 0.4) is 0 Å². The van der Waals surface area contributed by atoms with Gasteiger partial charge in [0, 0.05) is 0 Å². The van der Waals surface area contributed by atoms with Crippen LogP contribution in [0.4, 0.5) is 0 Å². The molecule has 0 unspecified atom stereocenters. The molecule has 204 valence electrons. The first-order chi connectivity index (χ1) is 20.8. The van der Waals surface area contributed by atoms with Gasteiger partial charge in [0.2, 0.25) is 0 Å². The van der Waals surface area contributed by atoms with Gasteiger partial charge < -0.3 is 0 Å². The van der Waals surface area contributed by atoms with E-state index in [-0.39, 0.29) is 0 Å². The molecule has 2 aliphatic rings. The number of benzene rings is 5. The Labute approximate surface area is 255 Å². The standard InChI is InChI=1S/C13H13O2.C13H9.C13H10.Zr/c1-14-12-7-11(8-13(9-12)15-2)10-5-3-4-6-10;1-3-7-12-10(5-1)9-11-6-2-4-8-13(11)12;1-3-7-12(8-4-1)11-13-9-5-2-6-10-13;/h3,5,7-9H,4H2,1-2H3;1-9H;1-10H;. The first-order valence-corrected chi connectivity index (χ1v) is 18.3. The third-order valence-corrected chi connectivity index (χ3v) is 16.9. The zero-order valence-corrected chi connectivity index (χ0v) is 26.3. The third-order valence-electron chi connectivity index (χ3n) is 8.44. The maximum atomic E-state index is 5.72. The van der Waals surface area contributed by atoms with E-state index in [2.05, 4.69) is 133 Å². The molecule has 0 amide bonds. The van der Waals surface area contributed by atoms with Crippen molar-refractivity contribution >= 4 is 8.78 Å². The molecule has 0 saturated heterocycles. The summed E-state index contributed by atoms with van der Waals surface area (Å²) in [6.45, 7) is 0. The molecule has 0 aliphatic heterocycles. The molecule has 0 saturated carbocycles. The van der Waals surface area contributed by atoms with Crippen LogP contribution in [-0.4, -0.2) is 17.4 Å². The van der Waals surface area contributed by atoms with Gasteiger partial charge in [-0.2, -0.15) is 0 Å². The van der Waals surface area contributed by atoms with Gasteiger partial charge in [0.1, 0.15) is 0 Å². The van der Waals surface area contributed by atoms with Crippen molar-refractivity contribution in [2.75, 3.05) is 14.2 Å². The van der Waals surface area contributed by atoms with Crippen LogP contribution < -0.4 is 9.47 Å². The Bertz CT molecular complexity index is 1760. The van der Waals surface area contributed by atoms with Gasteiger partial charge in [0.25, 0.3) is 0 Å². The van der Waals surface area contributed by atoms with Crippen LogP contribution in [0.15, 0.2) is 143 Å². The fourth-order valence-electron chi connectivity index (χ4n) is 6.62. The van der Waals surface area contributed by atoms with Gasteiger partial charge in [0.15, 0.2) is 0 Å². The van der Waals surface area contributed by atoms with Crippen LogP contribution in [0, 0.1) is 0 Å². The molecular formula is C39H32O2Zr. The van der Waals surface area contributed by atoms with E-state index in [1.807, 2.05) is 6.07 Å². The summed E-state index contributed by atoms with van der Waals surface area (Å²) in [5.74, 6) is 1.63. The number of rotatable bonds is 7. The van der Waals surface area contributed by atoms with Crippen molar-refractivity contribution in [3.05, 3.63) is 171 Å². The minimum atomic E-state index is -2.88. The molecule has 0 radical (unpaired) electrons. The van der Waals surface area contributed by atoms with Crippen LogP contribution in [0.25, 0.3) is 16.7 Å². The third kappa shape index (κ3) is 4.76. The van der Waals surface area contributed by atoms with Gasteiger partial charge in [-0.3, -0.25) is 0 Å². The quantitative estimate of drug-likeness (QED) is 0.180. The Hall–Kier alpha value is -4.07. The van der Waals surface area contributed by atoms with E-state index in [1.165, 1.54) is 39.0 Å². The molecule has 7 rings (SSSR count). The van der Waals surface area contributed by atoms with E-state index >= 15 is 0 Å². The van der Waals surface area contributed by atoms with Crippen molar-refractivity contribution in [3.63, 3.8) is 0 Å². The Balaban J connectivity index is 1.61. The Kier molecular flexibility index (Phi) is 7.45. The summed E-state index contributed by atoms with van der Waals surface area (Å²) < 4.78 is 14.9. The van der Waals surface area contributed by atoms with Crippen LogP contribution in [0.1, 0.15) is 37.9 Å². The molecule has 0 fully saturated rings. The summed E-state index contributed by atoms with van der Waals surface area (Å²) >= 11 is -2.88. The Morgan fingerprint density at radius 3 is 1.64 bits per heavy atom. The van der Waals surface area contributed by atoms with Crippen molar-refractivity contribution in [1.82, 2.24) is 0 Å². The molecule has 3 heteroatoms. The number of fused-ring (bicyclic) bond motifs is 3. The average molecular weight is 624 g/mol. The topological polar surface area (TPSA) is 18.5 Å². The summed E-state index contributed by atoms with van der Waals surface area (Å²) in [6, 6.07) is 46.7. The van der Waals surface area contributed by atoms with Crippen molar-refractivity contribution < 1.29 is 30.7 Å². The second kappa shape index (κ2) is 11.7. The van der Waals surface area contributed by atoms with Crippen molar-refractivity contribution in [1.29, 1.82) is 0 Å². The SMILES string of the molecule is COc1cc(OC)cc(C2=[C]([Zr](=[C](c3ccccc3)c3ccccc3)[CH]3c4ccccc4-c4ccccc43)CC=C2)c1. The second-order valence-corrected chi connectivity index (χ2v) is 16.9. The first kappa shape index (κ1) is 26.8. The monoisotopic (exact) mass is 622 g/mol. The Morgan fingerprint density at radius 1 is 0.619 bits per heavy atom. The van der Waals surface area contributed by atoms with Crippen molar-refractivity contribution in [2.24, 2.45) is 0 Å². The fourth-order valence-corrected chi connectivity index (χ4v) is 16.1. The number of allylic oxidation sites excluding steroid dienone is 4. The number of hydrogen-bond acceptors (Lipinski definition) is 2. The van der Waals surface area contributed by atoms with Crippen LogP contribution in [0.2, 0.25) is 0 Å². The molecule has 0 bridgehead atoms. The summed E-state index contributed by atoms with van der Waals surface area (Å²) in [5, 5.41) is 0. The average Bonchev–Trinajstić information content (AvgIpc) is 3.68. The maximum absolute atomic E-state index is 5.72. The van der Waals surface area contributed by atoms with E-state index in [0.717, 1.165) is 23.5 Å². The molecule has 0 N–H and O–H groups in total. The molecule has 5 aromatic carbocycles. The van der Waals surface area contributed by atoms with E-state index in [0.29, 0.717) is 3.63 Å². The molecule has 0 atom stereocenters. The van der Waals surface area contributed by atoms with Gasteiger partial charge in [-0.25, -0.2) is 0 Å². The summed E-state index contributed by atoms with van der Waals surface area (Å²) in [4.78, 5) is 0. The van der Waals surface area contributed by atoms with Crippen LogP contribution >= 0.6 is 0 Å². The molecule has 0 spiro atoms. The fraction of sp³-hybridized carbons (Fsp3) is 0.103. The number of hydrogen-bond donors (Lipinski definition) is 0. The molecule has 2 aliphatic carbocycles. The first-order valence-electron chi connectivity index (χ1n) is 14.4. The molecule has 2 nitrogen and oxygen atoms in total. The summed E-state index contributed by atoms with van der Waals surface area (Å²) in [5.41, 5.74) is 10.9. The van der Waals surface area contributed by atoms with E-state index in [1.54, 1.807) is 20.7 Å². The van der Waals surface area contributed by atoms with Gasteiger partial charge in [-0.05, 0) is 0 Å². The molecule has 0 aromatic heterocycles. The molecule has 5 aromatic rings. The number of ether oxygens (including phenoxy) is 2. The Morgan fingerprint density at radius 2 is 1.12 bits per heavy atom. The van der Waals surface area contributed by atoms with Gasteiger partial charge in [-0.15, -0.1) is 0 Å². The van der Waals surface area contributed by atoms with E-state index < -0.39 is 21.3 Å². The second-order valence-electron chi connectivity index (χ2n) is 10.7. The molecular weight excluding hydrogens is 592 g/mol. The molecule has 42 heavy (non-hydrogen) atoms. The number of methoxy groups -OCH3 is 2. The van der Waals surface area contributed by atoms with E-state index in [9.17, 15) is 0 Å². The van der Waals surface area contributed by atoms with E-state index in [4.69, 9.17) is 9.47 Å². The van der Waals surface area contributed by atoms with Gasteiger partial charge in [-0.1, -0.05) is 0 Å². The zero-order chi connectivity index (χ0) is 28.5. The predicted octanol–water partition coefficient (Wildman–Crippen LogP) is 9.03. The summed E-state index contributed by atoms with van der Waals surface area (Å²) in [6.07, 6.45) is 5.66. The van der Waals surface area contributed by atoms with Crippen molar-refractivity contribution in [2.45, 2.75) is 10.0 Å². The van der Waals surface area contributed by atoms with Gasteiger partial charge in [0.05, 0.1) is 0 Å². The summed E-state index contributed by atoms with van der Waals surface area (Å²) in [7, 11) is 3.45. The zero-order valence-electron chi connectivity index (χ0n) is 23.9. The predicted molar refractivity (Wildman–Crippen MR) is 170 cm³/mol. The molecule has 0 heterocycles.